The Morgan fingerprint density at radius 3 is 2.41 bits per heavy atom. The van der Waals surface area contributed by atoms with E-state index in [1.165, 1.54) is 36.4 Å². The van der Waals surface area contributed by atoms with Crippen LogP contribution in [-0.2, 0) is 21.4 Å². The Bertz CT molecular complexity index is 987. The zero-order valence-corrected chi connectivity index (χ0v) is 19.7. The molecule has 0 aromatic heterocycles. The molecule has 3 rings (SSSR count). The third-order valence-corrected chi connectivity index (χ3v) is 6.85. The molecule has 0 bridgehead atoms. The van der Waals surface area contributed by atoms with Crippen LogP contribution in [0.3, 0.4) is 0 Å². The fourth-order valence-corrected chi connectivity index (χ4v) is 4.92. The van der Waals surface area contributed by atoms with Crippen LogP contribution in [0, 0.1) is 0 Å². The van der Waals surface area contributed by atoms with E-state index in [-0.39, 0.29) is 18.9 Å². The summed E-state index contributed by atoms with van der Waals surface area (Å²) < 4.78 is 31.2. The average molecular weight is 460 g/mol. The van der Waals surface area contributed by atoms with E-state index in [1.807, 2.05) is 0 Å². The smallest absolute Gasteiger partial charge is 0.232 e. The predicted molar refractivity (Wildman–Crippen MR) is 129 cm³/mol. The van der Waals surface area contributed by atoms with Gasteiger partial charge < -0.3 is 15.0 Å². The molecule has 32 heavy (non-hydrogen) atoms. The van der Waals surface area contributed by atoms with Crippen molar-refractivity contribution in [3.63, 3.8) is 0 Å². The van der Waals surface area contributed by atoms with Crippen LogP contribution in [-0.4, -0.2) is 47.3 Å². The van der Waals surface area contributed by atoms with Crippen molar-refractivity contribution in [3.8, 4) is 5.75 Å². The number of piperidine rings is 1. The second-order valence-electron chi connectivity index (χ2n) is 8.10. The first kappa shape index (κ1) is 23.9. The Balaban J connectivity index is 1.48. The van der Waals surface area contributed by atoms with E-state index in [2.05, 4.69) is 34.5 Å². The number of sulfonamides is 1. The lowest BCUT2D eigenvalue weighted by Crippen LogP contribution is -2.32. The molecule has 1 fully saturated rings. The summed E-state index contributed by atoms with van der Waals surface area (Å²) in [5, 5.41) is 2.93. The van der Waals surface area contributed by atoms with E-state index in [0.29, 0.717) is 24.4 Å². The molecule has 1 aliphatic rings. The predicted octanol–water partition coefficient (Wildman–Crippen LogP) is 3.55. The molecule has 2 aromatic rings. The summed E-state index contributed by atoms with van der Waals surface area (Å²) in [6.45, 7) is 2.88. The first-order valence-electron chi connectivity index (χ1n) is 11.1. The molecule has 1 N–H and O–H groups in total. The van der Waals surface area contributed by atoms with Crippen LogP contribution in [0.15, 0.2) is 48.5 Å². The van der Waals surface area contributed by atoms with Crippen LogP contribution in [0.4, 0.5) is 11.4 Å². The van der Waals surface area contributed by atoms with E-state index in [4.69, 9.17) is 4.74 Å². The van der Waals surface area contributed by atoms with E-state index >= 15 is 0 Å². The van der Waals surface area contributed by atoms with Gasteiger partial charge >= 0.3 is 0 Å². The zero-order chi connectivity index (χ0) is 23.0. The molecule has 0 aliphatic carbocycles. The number of methoxy groups -OCH3 is 1. The summed E-state index contributed by atoms with van der Waals surface area (Å²) in [6, 6.07) is 15.3. The minimum absolute atomic E-state index is 0.0985. The molecule has 0 spiro atoms. The maximum Gasteiger partial charge on any atom is 0.232 e. The van der Waals surface area contributed by atoms with Gasteiger partial charge in [0.2, 0.25) is 15.9 Å². The highest BCUT2D eigenvalue weighted by Crippen LogP contribution is 2.29. The number of anilines is 2. The molecule has 2 aromatic carbocycles. The summed E-state index contributed by atoms with van der Waals surface area (Å²) in [4.78, 5) is 14.7. The normalized spacial score (nSPS) is 14.1. The second kappa shape index (κ2) is 11.2. The highest BCUT2D eigenvalue weighted by molar-refractivity contribution is 7.92. The maximum absolute atomic E-state index is 12.3. The SMILES string of the molecule is COc1ccccc1N(CCCC(=O)NCc1ccc(N2CCCCC2)cc1)S(C)(=O)=O. The summed E-state index contributed by atoms with van der Waals surface area (Å²) in [6.07, 6.45) is 5.60. The number of ether oxygens (including phenoxy) is 1. The number of nitrogens with one attached hydrogen (secondary N) is 1. The van der Waals surface area contributed by atoms with E-state index in [1.54, 1.807) is 24.3 Å². The highest BCUT2D eigenvalue weighted by Gasteiger charge is 2.20. The largest absolute Gasteiger partial charge is 0.495 e. The van der Waals surface area contributed by atoms with Crippen LogP contribution in [0.5, 0.6) is 5.75 Å². The number of rotatable bonds is 10. The van der Waals surface area contributed by atoms with Gasteiger partial charge in [0.1, 0.15) is 5.75 Å². The van der Waals surface area contributed by atoms with Crippen molar-refractivity contribution in [2.75, 3.05) is 42.2 Å². The molecular weight excluding hydrogens is 426 g/mol. The number of carbonyl (C=O) groups excluding carboxylic acids is 1. The van der Waals surface area contributed by atoms with Crippen molar-refractivity contribution < 1.29 is 17.9 Å². The van der Waals surface area contributed by atoms with Crippen molar-refractivity contribution in [2.45, 2.75) is 38.6 Å². The van der Waals surface area contributed by atoms with Crippen LogP contribution in [0.25, 0.3) is 0 Å². The molecule has 8 heteroatoms. The monoisotopic (exact) mass is 459 g/mol. The Hall–Kier alpha value is -2.74. The minimum atomic E-state index is -3.50. The van der Waals surface area contributed by atoms with E-state index in [0.717, 1.165) is 24.9 Å². The van der Waals surface area contributed by atoms with Gasteiger partial charge in [-0.3, -0.25) is 9.10 Å². The van der Waals surface area contributed by atoms with Crippen molar-refractivity contribution in [2.24, 2.45) is 0 Å². The zero-order valence-electron chi connectivity index (χ0n) is 18.9. The molecule has 1 amide bonds. The van der Waals surface area contributed by atoms with Crippen molar-refractivity contribution >= 4 is 27.3 Å². The third-order valence-electron chi connectivity index (χ3n) is 5.67. The number of nitrogens with zero attached hydrogens (tertiary/aromatic N) is 2. The molecule has 0 radical (unpaired) electrons. The summed E-state index contributed by atoms with van der Waals surface area (Å²) in [7, 11) is -1.99. The lowest BCUT2D eigenvalue weighted by molar-refractivity contribution is -0.121. The average Bonchev–Trinajstić information content (AvgIpc) is 2.80. The van der Waals surface area contributed by atoms with Gasteiger partial charge in [-0.15, -0.1) is 0 Å². The van der Waals surface area contributed by atoms with Gasteiger partial charge in [0, 0.05) is 38.3 Å². The number of para-hydroxylation sites is 2. The summed E-state index contributed by atoms with van der Waals surface area (Å²) in [5.74, 6) is 0.383. The van der Waals surface area contributed by atoms with Gasteiger partial charge in [-0.1, -0.05) is 24.3 Å². The minimum Gasteiger partial charge on any atom is -0.495 e. The third kappa shape index (κ3) is 6.63. The molecule has 0 saturated carbocycles. The van der Waals surface area contributed by atoms with Crippen LogP contribution in [0.2, 0.25) is 0 Å². The highest BCUT2D eigenvalue weighted by atomic mass is 32.2. The van der Waals surface area contributed by atoms with E-state index < -0.39 is 10.0 Å². The Morgan fingerprint density at radius 2 is 1.75 bits per heavy atom. The maximum atomic E-state index is 12.3. The van der Waals surface area contributed by atoms with Gasteiger partial charge in [0.25, 0.3) is 0 Å². The van der Waals surface area contributed by atoms with Crippen molar-refractivity contribution in [1.29, 1.82) is 0 Å². The lowest BCUT2D eigenvalue weighted by Gasteiger charge is -2.28. The Kier molecular flexibility index (Phi) is 8.39. The van der Waals surface area contributed by atoms with E-state index in [9.17, 15) is 13.2 Å². The summed E-state index contributed by atoms with van der Waals surface area (Å²) >= 11 is 0. The van der Waals surface area contributed by atoms with Gasteiger partial charge in [0.05, 0.1) is 19.1 Å². The lowest BCUT2D eigenvalue weighted by atomic mass is 10.1. The molecule has 1 heterocycles. The topological polar surface area (TPSA) is 79.0 Å². The summed E-state index contributed by atoms with van der Waals surface area (Å²) in [5.41, 5.74) is 2.76. The van der Waals surface area contributed by atoms with Gasteiger partial charge in [-0.2, -0.15) is 0 Å². The Morgan fingerprint density at radius 1 is 1.06 bits per heavy atom. The van der Waals surface area contributed by atoms with Gasteiger partial charge in [-0.25, -0.2) is 8.42 Å². The standard InChI is InChI=1S/C24H33N3O4S/c1-31-23-10-5-4-9-22(23)27(32(2,29)30)18-8-11-24(28)25-19-20-12-14-21(15-13-20)26-16-6-3-7-17-26/h4-5,9-10,12-15H,3,6-8,11,16-19H2,1-2H3,(H,25,28). The number of hydrogen-bond donors (Lipinski definition) is 1. The van der Waals surface area contributed by atoms with Crippen molar-refractivity contribution in [1.82, 2.24) is 5.32 Å². The first-order valence-corrected chi connectivity index (χ1v) is 12.9. The number of amides is 1. The molecule has 1 saturated heterocycles. The van der Waals surface area contributed by atoms with Crippen LogP contribution in [0.1, 0.15) is 37.7 Å². The number of carbonyl (C=O) groups is 1. The molecule has 1 aliphatic heterocycles. The first-order chi connectivity index (χ1) is 15.4. The second-order valence-corrected chi connectivity index (χ2v) is 10.0. The number of benzene rings is 2. The molecule has 0 unspecified atom stereocenters. The molecule has 7 nitrogen and oxygen atoms in total. The van der Waals surface area contributed by atoms with Crippen molar-refractivity contribution in [3.05, 3.63) is 54.1 Å². The van der Waals surface area contributed by atoms with Crippen LogP contribution >= 0.6 is 0 Å². The molecule has 0 atom stereocenters. The van der Waals surface area contributed by atoms with Gasteiger partial charge in [-0.05, 0) is 55.5 Å². The fourth-order valence-electron chi connectivity index (χ4n) is 3.95. The van der Waals surface area contributed by atoms with Crippen LogP contribution < -0.4 is 19.3 Å². The molecular formula is C24H33N3O4S. The Labute approximate surface area is 191 Å². The molecule has 174 valence electrons. The number of hydrogen-bond acceptors (Lipinski definition) is 5. The van der Waals surface area contributed by atoms with Gasteiger partial charge in [0.15, 0.2) is 0 Å². The fraction of sp³-hybridized carbons (Fsp3) is 0.458. The quantitative estimate of drug-likeness (QED) is 0.588.